The lowest BCUT2D eigenvalue weighted by atomic mass is 10.00. The molecule has 3 aromatic rings. The van der Waals surface area contributed by atoms with E-state index in [0.717, 1.165) is 39.7 Å². The third-order valence-electron chi connectivity index (χ3n) is 5.08. The van der Waals surface area contributed by atoms with Crippen molar-refractivity contribution in [3.05, 3.63) is 75.3 Å². The van der Waals surface area contributed by atoms with Crippen LogP contribution in [0.2, 0.25) is 0 Å². The lowest BCUT2D eigenvalue weighted by Crippen LogP contribution is -2.04. The molecule has 4 nitrogen and oxygen atoms in total. The van der Waals surface area contributed by atoms with Gasteiger partial charge in [0, 0.05) is 16.6 Å². The molecule has 0 bridgehead atoms. The van der Waals surface area contributed by atoms with Crippen LogP contribution in [0.25, 0.3) is 11.3 Å². The highest BCUT2D eigenvalue weighted by atomic mass is 79.9. The molecule has 0 saturated carbocycles. The van der Waals surface area contributed by atoms with Crippen LogP contribution in [-0.4, -0.2) is 21.3 Å². The normalized spacial score (nSPS) is 13.0. The highest BCUT2D eigenvalue weighted by Crippen LogP contribution is 2.41. The fraction of sp³-hybridized carbons (Fsp3) is 0.217. The van der Waals surface area contributed by atoms with Crippen molar-refractivity contribution in [3.63, 3.8) is 0 Å². The maximum Gasteiger partial charge on any atom is 0.280 e. The van der Waals surface area contributed by atoms with Gasteiger partial charge in [0.25, 0.3) is 5.91 Å². The van der Waals surface area contributed by atoms with E-state index in [4.69, 9.17) is 0 Å². The smallest absolute Gasteiger partial charge is 0.280 e. The van der Waals surface area contributed by atoms with Crippen LogP contribution < -0.4 is 0 Å². The number of hydrogen-bond acceptors (Lipinski definition) is 2. The standard InChI is InChI=1S/C23H21BrN2O2/c1-3-4-13-26-21(16-7-5-14(2)6-8-16)19-18(23(26)28)20(25-22(19)27)15-9-11-17(24)12-10-15/h5-12,28H,3-4,13H2,1-2H3. The molecule has 4 rings (SSSR count). The van der Waals surface area contributed by atoms with Gasteiger partial charge in [0.05, 0.1) is 22.5 Å². The maximum atomic E-state index is 12.9. The van der Waals surface area contributed by atoms with E-state index in [2.05, 4.69) is 27.8 Å². The zero-order chi connectivity index (χ0) is 19.8. The fourth-order valence-electron chi connectivity index (χ4n) is 3.61. The van der Waals surface area contributed by atoms with Gasteiger partial charge in [-0.3, -0.25) is 4.79 Å². The monoisotopic (exact) mass is 436 g/mol. The third-order valence-corrected chi connectivity index (χ3v) is 5.61. The largest absolute Gasteiger partial charge is 0.494 e. The number of aromatic hydroxyl groups is 1. The van der Waals surface area contributed by atoms with Crippen LogP contribution in [0.3, 0.4) is 0 Å². The molecule has 142 valence electrons. The summed E-state index contributed by atoms with van der Waals surface area (Å²) in [4.78, 5) is 17.2. The Balaban J connectivity index is 1.93. The van der Waals surface area contributed by atoms with Gasteiger partial charge in [-0.25, -0.2) is 4.99 Å². The number of carbonyl (C=O) groups is 1. The molecule has 0 atom stereocenters. The molecule has 0 aliphatic carbocycles. The Bertz CT molecular complexity index is 1080. The predicted octanol–water partition coefficient (Wildman–Crippen LogP) is 5.72. The van der Waals surface area contributed by atoms with Crippen LogP contribution in [0, 0.1) is 6.92 Å². The molecule has 1 aliphatic heterocycles. The number of hydrogen-bond donors (Lipinski definition) is 1. The van der Waals surface area contributed by atoms with E-state index in [9.17, 15) is 9.90 Å². The minimum Gasteiger partial charge on any atom is -0.494 e. The van der Waals surface area contributed by atoms with Gasteiger partial charge in [-0.15, -0.1) is 0 Å². The fourth-order valence-corrected chi connectivity index (χ4v) is 3.88. The number of fused-ring (bicyclic) bond motifs is 1. The van der Waals surface area contributed by atoms with Gasteiger partial charge in [0.15, 0.2) is 0 Å². The molecule has 28 heavy (non-hydrogen) atoms. The van der Waals surface area contributed by atoms with E-state index in [1.54, 1.807) is 0 Å². The van der Waals surface area contributed by atoms with Crippen LogP contribution in [-0.2, 0) is 6.54 Å². The van der Waals surface area contributed by atoms with Crippen molar-refractivity contribution in [3.8, 4) is 17.1 Å². The quantitative estimate of drug-likeness (QED) is 0.555. The summed E-state index contributed by atoms with van der Waals surface area (Å²) in [6.07, 6.45) is 1.91. The lowest BCUT2D eigenvalue weighted by Gasteiger charge is -2.12. The van der Waals surface area contributed by atoms with E-state index in [0.29, 0.717) is 23.4 Å². The van der Waals surface area contributed by atoms with E-state index >= 15 is 0 Å². The second-order valence-corrected chi connectivity index (χ2v) is 7.98. The average molecular weight is 437 g/mol. The molecule has 2 heterocycles. The van der Waals surface area contributed by atoms with E-state index < -0.39 is 0 Å². The number of carbonyl (C=O) groups excluding carboxylic acids is 1. The number of rotatable bonds is 5. The van der Waals surface area contributed by atoms with Gasteiger partial charge in [0.2, 0.25) is 5.88 Å². The van der Waals surface area contributed by atoms with Crippen LogP contribution in [0.15, 0.2) is 58.0 Å². The second-order valence-electron chi connectivity index (χ2n) is 7.07. The van der Waals surface area contributed by atoms with E-state index in [1.807, 2.05) is 60.0 Å². The van der Waals surface area contributed by atoms with Crippen molar-refractivity contribution >= 4 is 27.5 Å². The van der Waals surface area contributed by atoms with Gasteiger partial charge < -0.3 is 9.67 Å². The van der Waals surface area contributed by atoms with Crippen molar-refractivity contribution in [1.82, 2.24) is 4.57 Å². The number of halogens is 1. The summed E-state index contributed by atoms with van der Waals surface area (Å²) in [5.41, 5.74) is 5.20. The summed E-state index contributed by atoms with van der Waals surface area (Å²) in [5.74, 6) is -0.180. The highest BCUT2D eigenvalue weighted by molar-refractivity contribution is 9.10. The number of amides is 1. The zero-order valence-corrected chi connectivity index (χ0v) is 17.5. The number of aromatic nitrogens is 1. The minimum absolute atomic E-state index is 0.117. The summed E-state index contributed by atoms with van der Waals surface area (Å²) in [6.45, 7) is 4.79. The first-order chi connectivity index (χ1) is 13.5. The summed E-state index contributed by atoms with van der Waals surface area (Å²) in [6, 6.07) is 15.7. The highest BCUT2D eigenvalue weighted by Gasteiger charge is 2.35. The Morgan fingerprint density at radius 1 is 1.00 bits per heavy atom. The Morgan fingerprint density at radius 3 is 2.29 bits per heavy atom. The Kier molecular flexibility index (Phi) is 4.94. The van der Waals surface area contributed by atoms with Crippen LogP contribution in [0.4, 0.5) is 0 Å². The number of benzene rings is 2. The van der Waals surface area contributed by atoms with E-state index in [1.165, 1.54) is 0 Å². The summed E-state index contributed by atoms with van der Waals surface area (Å²) < 4.78 is 2.82. The molecule has 0 spiro atoms. The van der Waals surface area contributed by atoms with Gasteiger partial charge in [-0.05, 0) is 31.0 Å². The first-order valence-corrected chi connectivity index (χ1v) is 10.2. The Labute approximate surface area is 172 Å². The summed E-state index contributed by atoms with van der Waals surface area (Å²) in [7, 11) is 0. The van der Waals surface area contributed by atoms with Crippen LogP contribution in [0.1, 0.15) is 46.8 Å². The third kappa shape index (κ3) is 3.10. The topological polar surface area (TPSA) is 54.6 Å². The zero-order valence-electron chi connectivity index (χ0n) is 15.9. The van der Waals surface area contributed by atoms with Gasteiger partial charge >= 0.3 is 0 Å². The van der Waals surface area contributed by atoms with Crippen LogP contribution >= 0.6 is 15.9 Å². The minimum atomic E-state index is -0.297. The maximum absolute atomic E-state index is 12.9. The molecular weight excluding hydrogens is 416 g/mol. The number of aryl methyl sites for hydroxylation is 1. The molecule has 0 unspecified atom stereocenters. The van der Waals surface area contributed by atoms with Crippen molar-refractivity contribution in [2.24, 2.45) is 4.99 Å². The molecule has 1 aliphatic rings. The molecule has 2 aromatic carbocycles. The molecule has 0 radical (unpaired) electrons. The molecule has 0 saturated heterocycles. The first-order valence-electron chi connectivity index (χ1n) is 9.43. The summed E-state index contributed by atoms with van der Waals surface area (Å²) >= 11 is 3.43. The molecule has 1 N–H and O–H groups in total. The van der Waals surface area contributed by atoms with Gasteiger partial charge in [0.1, 0.15) is 0 Å². The Morgan fingerprint density at radius 2 is 1.64 bits per heavy atom. The van der Waals surface area contributed by atoms with Gasteiger partial charge in [-0.1, -0.05) is 71.2 Å². The molecule has 1 aromatic heterocycles. The summed E-state index contributed by atoms with van der Waals surface area (Å²) in [5, 5.41) is 11.1. The second kappa shape index (κ2) is 7.40. The van der Waals surface area contributed by atoms with Gasteiger partial charge in [-0.2, -0.15) is 0 Å². The lowest BCUT2D eigenvalue weighted by molar-refractivity contribution is 0.101. The molecule has 5 heteroatoms. The number of nitrogens with zero attached hydrogens (tertiary/aromatic N) is 2. The number of unbranched alkanes of at least 4 members (excludes halogenated alkanes) is 1. The van der Waals surface area contributed by atoms with Crippen molar-refractivity contribution in [1.29, 1.82) is 0 Å². The molecule has 0 fully saturated rings. The first kappa shape index (κ1) is 18.7. The SMILES string of the molecule is CCCCn1c(O)c2c(c1-c1ccc(C)cc1)C(=O)N=C2c1ccc(Br)cc1. The average Bonchev–Trinajstić information content (AvgIpc) is 3.17. The predicted molar refractivity (Wildman–Crippen MR) is 115 cm³/mol. The van der Waals surface area contributed by atoms with E-state index in [-0.39, 0.29) is 11.8 Å². The van der Waals surface area contributed by atoms with Crippen LogP contribution in [0.5, 0.6) is 5.88 Å². The van der Waals surface area contributed by atoms with Crippen molar-refractivity contribution in [2.45, 2.75) is 33.2 Å². The van der Waals surface area contributed by atoms with Crippen molar-refractivity contribution in [2.75, 3.05) is 0 Å². The molecular formula is C23H21BrN2O2. The van der Waals surface area contributed by atoms with Crippen molar-refractivity contribution < 1.29 is 9.90 Å². The molecule has 1 amide bonds. The Hall–Kier alpha value is -2.66. The number of aliphatic imine (C=N–C) groups is 1.